The maximum Gasteiger partial charge on any atom is 0.325 e. The number of H-pyrrole nitrogens is 1. The summed E-state index contributed by atoms with van der Waals surface area (Å²) in [5, 5.41) is 16.2. The van der Waals surface area contributed by atoms with E-state index in [1.807, 2.05) is 30.3 Å². The molecule has 11 heteroatoms. The largest absolute Gasteiger partial charge is 0.480 e. The van der Waals surface area contributed by atoms with Gasteiger partial charge in [0.05, 0.1) is 18.9 Å². The predicted molar refractivity (Wildman–Crippen MR) is 111 cm³/mol. The predicted octanol–water partition coefficient (Wildman–Crippen LogP) is -1.29. The normalized spacial score (nSPS) is 13.5. The fourth-order valence-corrected chi connectivity index (χ4v) is 2.71. The first-order valence-corrected chi connectivity index (χ1v) is 9.63. The molecule has 7 N–H and O–H groups in total. The van der Waals surface area contributed by atoms with Gasteiger partial charge in [-0.2, -0.15) is 0 Å². The van der Waals surface area contributed by atoms with E-state index in [0.717, 1.165) is 5.56 Å². The van der Waals surface area contributed by atoms with Crippen molar-refractivity contribution >= 4 is 23.7 Å². The van der Waals surface area contributed by atoms with E-state index in [0.29, 0.717) is 12.1 Å². The third-order valence-electron chi connectivity index (χ3n) is 4.42. The van der Waals surface area contributed by atoms with Crippen LogP contribution in [-0.2, 0) is 32.0 Å². The van der Waals surface area contributed by atoms with E-state index >= 15 is 0 Å². The number of nitrogens with one attached hydrogen (secondary N) is 4. The topological polar surface area (TPSA) is 179 Å². The fourth-order valence-electron chi connectivity index (χ4n) is 2.71. The van der Waals surface area contributed by atoms with E-state index in [1.54, 1.807) is 0 Å². The molecule has 3 amide bonds. The van der Waals surface area contributed by atoms with Crippen molar-refractivity contribution in [2.24, 2.45) is 5.73 Å². The highest BCUT2D eigenvalue weighted by Gasteiger charge is 2.25. The number of nitrogens with zero attached hydrogens (tertiary/aromatic N) is 1. The zero-order valence-electron chi connectivity index (χ0n) is 17.0. The molecule has 0 fully saturated rings. The molecule has 0 aliphatic heterocycles. The molecule has 11 nitrogen and oxygen atoms in total. The number of carboxylic acids is 1. The number of aromatic nitrogens is 2. The monoisotopic (exact) mass is 430 g/mol. The molecule has 2 rings (SSSR count). The molecule has 1 aromatic carbocycles. The summed E-state index contributed by atoms with van der Waals surface area (Å²) in [4.78, 5) is 54.6. The Labute approximate surface area is 178 Å². The van der Waals surface area contributed by atoms with E-state index < -0.39 is 41.8 Å². The number of imidazole rings is 1. The van der Waals surface area contributed by atoms with E-state index in [1.165, 1.54) is 19.4 Å². The van der Waals surface area contributed by atoms with Crippen molar-refractivity contribution in [1.82, 2.24) is 25.9 Å². The molecular formula is C20H26N6O5. The van der Waals surface area contributed by atoms with Crippen LogP contribution in [-0.4, -0.2) is 63.4 Å². The van der Waals surface area contributed by atoms with Crippen LogP contribution in [0.25, 0.3) is 0 Å². The zero-order chi connectivity index (χ0) is 22.8. The lowest BCUT2D eigenvalue weighted by Gasteiger charge is -2.20. The third-order valence-corrected chi connectivity index (χ3v) is 4.42. The summed E-state index contributed by atoms with van der Waals surface area (Å²) < 4.78 is 0. The van der Waals surface area contributed by atoms with Gasteiger partial charge in [0.25, 0.3) is 0 Å². The number of carboxylic acid groups (broad SMARTS) is 1. The zero-order valence-corrected chi connectivity index (χ0v) is 17.0. The highest BCUT2D eigenvalue weighted by Crippen LogP contribution is 2.02. The first-order valence-electron chi connectivity index (χ1n) is 9.63. The number of rotatable bonds is 11. The molecule has 0 radical (unpaired) electrons. The van der Waals surface area contributed by atoms with Gasteiger partial charge >= 0.3 is 5.97 Å². The first-order chi connectivity index (χ1) is 14.8. The smallest absolute Gasteiger partial charge is 0.325 e. The second kappa shape index (κ2) is 11.5. The molecule has 3 atom stereocenters. The average Bonchev–Trinajstić information content (AvgIpc) is 3.25. The average molecular weight is 430 g/mol. The van der Waals surface area contributed by atoms with Gasteiger partial charge in [0.15, 0.2) is 0 Å². The van der Waals surface area contributed by atoms with Gasteiger partial charge in [-0.1, -0.05) is 30.3 Å². The molecule has 1 aromatic heterocycles. The summed E-state index contributed by atoms with van der Waals surface area (Å²) in [6.45, 7) is 0.923. The van der Waals surface area contributed by atoms with Crippen molar-refractivity contribution in [3.8, 4) is 0 Å². The number of amides is 3. The molecule has 0 bridgehead atoms. The molecule has 0 spiro atoms. The fraction of sp³-hybridized carbons (Fsp3) is 0.350. The van der Waals surface area contributed by atoms with Crippen molar-refractivity contribution in [1.29, 1.82) is 0 Å². The standard InChI is InChI=1S/C20H26N6O5/c1-12(20(30)31)25-19(29)16(8-14-9-22-11-24-14)26-17(27)10-23-18(28)15(21)7-13-5-3-2-4-6-13/h2-6,9,11-12,15-16H,7-8,10,21H2,1H3,(H,22,24)(H,23,28)(H,25,29)(H,26,27)(H,30,31). The molecule has 2 aromatic rings. The number of hydrogen-bond donors (Lipinski definition) is 6. The van der Waals surface area contributed by atoms with Gasteiger partial charge in [-0.15, -0.1) is 0 Å². The summed E-state index contributed by atoms with van der Waals surface area (Å²) in [6.07, 6.45) is 3.27. The SMILES string of the molecule is CC(NC(=O)C(Cc1cnc[nH]1)NC(=O)CNC(=O)C(N)Cc1ccccc1)C(=O)O. The Morgan fingerprint density at radius 3 is 2.42 bits per heavy atom. The van der Waals surface area contributed by atoms with Crippen LogP contribution in [0.2, 0.25) is 0 Å². The van der Waals surface area contributed by atoms with Gasteiger partial charge in [-0.05, 0) is 18.9 Å². The second-order valence-corrected chi connectivity index (χ2v) is 6.98. The molecule has 0 aliphatic rings. The summed E-state index contributed by atoms with van der Waals surface area (Å²) in [6, 6.07) is 6.18. The van der Waals surface area contributed by atoms with E-state index in [9.17, 15) is 19.2 Å². The Morgan fingerprint density at radius 1 is 1.10 bits per heavy atom. The third kappa shape index (κ3) is 7.90. The minimum atomic E-state index is -1.21. The maximum atomic E-state index is 12.4. The van der Waals surface area contributed by atoms with Gasteiger partial charge in [0.1, 0.15) is 12.1 Å². The minimum Gasteiger partial charge on any atom is -0.480 e. The first kappa shape index (κ1) is 23.5. The summed E-state index contributed by atoms with van der Waals surface area (Å²) in [7, 11) is 0. The van der Waals surface area contributed by atoms with Crippen molar-refractivity contribution in [2.45, 2.75) is 37.9 Å². The van der Waals surface area contributed by atoms with Crippen LogP contribution >= 0.6 is 0 Å². The van der Waals surface area contributed by atoms with Crippen molar-refractivity contribution in [2.75, 3.05) is 6.54 Å². The highest BCUT2D eigenvalue weighted by atomic mass is 16.4. The maximum absolute atomic E-state index is 12.4. The molecule has 1 heterocycles. The Hall–Kier alpha value is -3.73. The number of aromatic amines is 1. The molecule has 0 saturated carbocycles. The number of carbonyl (C=O) groups excluding carboxylic acids is 3. The number of benzene rings is 1. The Balaban J connectivity index is 1.90. The van der Waals surface area contributed by atoms with Crippen LogP contribution in [0, 0.1) is 0 Å². The minimum absolute atomic E-state index is 0.0609. The number of carbonyl (C=O) groups is 4. The lowest BCUT2D eigenvalue weighted by molar-refractivity contribution is -0.141. The quantitative estimate of drug-likeness (QED) is 0.257. The number of aliphatic carboxylic acids is 1. The van der Waals surface area contributed by atoms with Crippen molar-refractivity contribution < 1.29 is 24.3 Å². The van der Waals surface area contributed by atoms with Gasteiger partial charge in [-0.25, -0.2) is 4.98 Å². The summed E-state index contributed by atoms with van der Waals surface area (Å²) in [5.74, 6) is -3.01. The van der Waals surface area contributed by atoms with Crippen LogP contribution in [0.1, 0.15) is 18.2 Å². The van der Waals surface area contributed by atoms with Crippen LogP contribution < -0.4 is 21.7 Å². The number of hydrogen-bond acceptors (Lipinski definition) is 6. The van der Waals surface area contributed by atoms with Gasteiger partial charge in [0.2, 0.25) is 17.7 Å². The van der Waals surface area contributed by atoms with Crippen LogP contribution in [0.4, 0.5) is 0 Å². The van der Waals surface area contributed by atoms with Gasteiger partial charge < -0.3 is 31.8 Å². The number of nitrogens with two attached hydrogens (primary N) is 1. The van der Waals surface area contributed by atoms with E-state index in [4.69, 9.17) is 10.8 Å². The van der Waals surface area contributed by atoms with Crippen LogP contribution in [0.5, 0.6) is 0 Å². The summed E-state index contributed by atoms with van der Waals surface area (Å²) >= 11 is 0. The molecular weight excluding hydrogens is 404 g/mol. The summed E-state index contributed by atoms with van der Waals surface area (Å²) in [5.41, 5.74) is 7.34. The van der Waals surface area contributed by atoms with Crippen molar-refractivity contribution in [3.63, 3.8) is 0 Å². The van der Waals surface area contributed by atoms with E-state index in [-0.39, 0.29) is 13.0 Å². The van der Waals surface area contributed by atoms with E-state index in [2.05, 4.69) is 25.9 Å². The van der Waals surface area contributed by atoms with Crippen LogP contribution in [0.15, 0.2) is 42.9 Å². The van der Waals surface area contributed by atoms with Crippen LogP contribution in [0.3, 0.4) is 0 Å². The molecule has 0 aliphatic carbocycles. The molecule has 3 unspecified atom stereocenters. The molecule has 31 heavy (non-hydrogen) atoms. The van der Waals surface area contributed by atoms with Crippen molar-refractivity contribution in [3.05, 3.63) is 54.1 Å². The second-order valence-electron chi connectivity index (χ2n) is 6.98. The van der Waals surface area contributed by atoms with Gasteiger partial charge in [0, 0.05) is 18.3 Å². The lowest BCUT2D eigenvalue weighted by atomic mass is 10.1. The van der Waals surface area contributed by atoms with Gasteiger partial charge in [-0.3, -0.25) is 19.2 Å². The molecule has 166 valence electrons. The Kier molecular flexibility index (Phi) is 8.70. The molecule has 0 saturated heterocycles. The lowest BCUT2D eigenvalue weighted by Crippen LogP contribution is -2.54. The highest BCUT2D eigenvalue weighted by molar-refractivity contribution is 5.92. The Morgan fingerprint density at radius 2 is 1.81 bits per heavy atom. The Bertz CT molecular complexity index is 887.